The maximum absolute atomic E-state index is 13.8. The number of piperidine rings is 1. The second-order valence-corrected chi connectivity index (χ2v) is 10.8. The van der Waals surface area contributed by atoms with Crippen molar-refractivity contribution < 1.29 is 18.1 Å². The van der Waals surface area contributed by atoms with E-state index < -0.39 is 21.0 Å². The Morgan fingerprint density at radius 2 is 1.91 bits per heavy atom. The van der Waals surface area contributed by atoms with E-state index in [-0.39, 0.29) is 28.7 Å². The summed E-state index contributed by atoms with van der Waals surface area (Å²) < 4.78 is 29.7. The summed E-state index contributed by atoms with van der Waals surface area (Å²) in [6, 6.07) is 10.0. The summed E-state index contributed by atoms with van der Waals surface area (Å²) in [4.78, 5) is 25.2. The summed E-state index contributed by atoms with van der Waals surface area (Å²) in [5.74, 6) is -0.258. The number of hydrogen-bond donors (Lipinski definition) is 1. The Kier molecular flexibility index (Phi) is 8.98. The smallest absolute Gasteiger partial charge is 0.270 e. The molecule has 2 aromatic carbocycles. The minimum Gasteiger partial charge on any atom is -0.342 e. The lowest BCUT2D eigenvalue weighted by Gasteiger charge is -2.36. The van der Waals surface area contributed by atoms with Gasteiger partial charge >= 0.3 is 0 Å². The van der Waals surface area contributed by atoms with Gasteiger partial charge in [0.05, 0.1) is 16.8 Å². The number of nitrogens with zero attached hydrogens (tertiary/aromatic N) is 4. The van der Waals surface area contributed by atoms with Crippen LogP contribution in [0.1, 0.15) is 38.7 Å². The number of carbonyl (C=O) groups is 1. The van der Waals surface area contributed by atoms with Crippen LogP contribution in [0.3, 0.4) is 0 Å². The van der Waals surface area contributed by atoms with Gasteiger partial charge in [0.1, 0.15) is 10.9 Å². The van der Waals surface area contributed by atoms with Crippen LogP contribution in [0.25, 0.3) is 0 Å². The topological polar surface area (TPSA) is 125 Å². The number of halogens is 1. The predicted molar refractivity (Wildman–Crippen MR) is 138 cm³/mol. The van der Waals surface area contributed by atoms with E-state index in [0.717, 1.165) is 22.5 Å². The number of anilines is 1. The fourth-order valence-electron chi connectivity index (χ4n) is 3.97. The van der Waals surface area contributed by atoms with Gasteiger partial charge in [-0.15, -0.1) is 0 Å². The Balaban J connectivity index is 1.99. The molecular formula is C23H28BrN5O5S. The molecule has 35 heavy (non-hydrogen) atoms. The van der Waals surface area contributed by atoms with Crippen molar-refractivity contribution in [2.24, 2.45) is 5.10 Å². The summed E-state index contributed by atoms with van der Waals surface area (Å²) in [5.41, 5.74) is 3.20. The Morgan fingerprint density at radius 1 is 1.23 bits per heavy atom. The van der Waals surface area contributed by atoms with E-state index in [1.807, 2.05) is 38.1 Å². The third kappa shape index (κ3) is 6.24. The van der Waals surface area contributed by atoms with Gasteiger partial charge < -0.3 is 4.90 Å². The second kappa shape index (κ2) is 11.7. The number of nitro groups is 1. The molecule has 1 atom stereocenters. The van der Waals surface area contributed by atoms with Crippen molar-refractivity contribution in [1.29, 1.82) is 0 Å². The number of hydrogen-bond acceptors (Lipinski definition) is 7. The number of amides is 1. The van der Waals surface area contributed by atoms with Crippen molar-refractivity contribution in [3.63, 3.8) is 0 Å². The second-order valence-electron chi connectivity index (χ2n) is 8.00. The van der Waals surface area contributed by atoms with Crippen LogP contribution < -0.4 is 5.43 Å². The minimum absolute atomic E-state index is 0.0866. The average molecular weight is 566 g/mol. The largest absolute Gasteiger partial charge is 0.342 e. The molecule has 0 spiro atoms. The molecule has 12 heteroatoms. The van der Waals surface area contributed by atoms with Crippen LogP contribution in [-0.2, 0) is 14.8 Å². The van der Waals surface area contributed by atoms with E-state index >= 15 is 0 Å². The fraction of sp³-hybridized carbons (Fsp3) is 0.391. The van der Waals surface area contributed by atoms with E-state index in [2.05, 4.69) is 26.5 Å². The summed E-state index contributed by atoms with van der Waals surface area (Å²) in [6.07, 6.45) is 3.23. The molecule has 1 heterocycles. The number of rotatable bonds is 9. The number of hydrazone groups is 1. The third-order valence-electron chi connectivity index (χ3n) is 5.85. The molecule has 3 rings (SSSR count). The van der Waals surface area contributed by atoms with E-state index in [1.165, 1.54) is 22.7 Å². The van der Waals surface area contributed by atoms with Crippen molar-refractivity contribution in [2.45, 2.75) is 44.0 Å². The van der Waals surface area contributed by atoms with Crippen LogP contribution in [0, 0.1) is 10.1 Å². The number of nitrogens with one attached hydrogen (secondary N) is 1. The quantitative estimate of drug-likeness (QED) is 0.275. The Bertz CT molecular complexity index is 1200. The minimum atomic E-state index is -4.25. The molecular weight excluding hydrogens is 538 g/mol. The van der Waals surface area contributed by atoms with Crippen LogP contribution >= 0.6 is 15.9 Å². The van der Waals surface area contributed by atoms with Gasteiger partial charge in [-0.05, 0) is 50.5 Å². The number of non-ortho nitro benzene ring substituents is 1. The van der Waals surface area contributed by atoms with Crippen molar-refractivity contribution in [3.8, 4) is 0 Å². The maximum Gasteiger partial charge on any atom is 0.270 e. The Hall–Kier alpha value is -2.83. The molecule has 1 N–H and O–H groups in total. The fourth-order valence-corrected chi connectivity index (χ4v) is 6.05. The first-order valence-electron chi connectivity index (χ1n) is 11.3. The molecule has 1 aliphatic heterocycles. The zero-order valence-corrected chi connectivity index (χ0v) is 22.0. The van der Waals surface area contributed by atoms with Gasteiger partial charge in [-0.2, -0.15) is 9.41 Å². The normalized spacial score (nSPS) is 16.8. The van der Waals surface area contributed by atoms with Crippen LogP contribution in [0.5, 0.6) is 0 Å². The first-order chi connectivity index (χ1) is 16.7. The standard InChI is InChI=1S/C23H28BrN5O5S/c1-3-27(4-2)23(30)21-7-5-6-14-28(21)35(33,34)22-15-19(29(31)32)12-13-20(22)26-25-16-17-8-10-18(24)11-9-17/h8-13,15-16,21,26H,3-7,14H2,1-2H3/b25-16-/t21-/m1/s1. The molecule has 1 saturated heterocycles. The highest BCUT2D eigenvalue weighted by molar-refractivity contribution is 9.10. The molecule has 0 aromatic heterocycles. The predicted octanol–water partition coefficient (Wildman–Crippen LogP) is 4.21. The van der Waals surface area contributed by atoms with Gasteiger partial charge in [-0.25, -0.2) is 8.42 Å². The Labute approximate surface area is 213 Å². The molecule has 1 aliphatic rings. The van der Waals surface area contributed by atoms with Crippen molar-refractivity contribution in [3.05, 3.63) is 62.6 Å². The molecule has 0 saturated carbocycles. The molecule has 188 valence electrons. The highest BCUT2D eigenvalue weighted by atomic mass is 79.9. The highest BCUT2D eigenvalue weighted by Gasteiger charge is 2.40. The van der Waals surface area contributed by atoms with Gasteiger partial charge in [0.25, 0.3) is 5.69 Å². The third-order valence-corrected chi connectivity index (χ3v) is 8.32. The van der Waals surface area contributed by atoms with E-state index in [0.29, 0.717) is 25.9 Å². The summed E-state index contributed by atoms with van der Waals surface area (Å²) >= 11 is 3.36. The number of nitro benzene ring substituents is 1. The summed E-state index contributed by atoms with van der Waals surface area (Å²) in [5, 5.41) is 15.5. The van der Waals surface area contributed by atoms with Gasteiger partial charge in [0.15, 0.2) is 0 Å². The maximum atomic E-state index is 13.8. The van der Waals surface area contributed by atoms with E-state index in [9.17, 15) is 23.3 Å². The molecule has 0 radical (unpaired) electrons. The zero-order valence-electron chi connectivity index (χ0n) is 19.6. The highest BCUT2D eigenvalue weighted by Crippen LogP contribution is 2.33. The number of benzene rings is 2. The van der Waals surface area contributed by atoms with Crippen LogP contribution in [-0.4, -0.2) is 60.3 Å². The van der Waals surface area contributed by atoms with Crippen LogP contribution in [0.15, 0.2) is 56.9 Å². The molecule has 10 nitrogen and oxygen atoms in total. The molecule has 0 unspecified atom stereocenters. The number of sulfonamides is 1. The Morgan fingerprint density at radius 3 is 2.54 bits per heavy atom. The molecule has 2 aromatic rings. The number of carbonyl (C=O) groups excluding carboxylic acids is 1. The molecule has 1 fully saturated rings. The monoisotopic (exact) mass is 565 g/mol. The van der Waals surface area contributed by atoms with Crippen molar-refractivity contribution >= 4 is 49.4 Å². The van der Waals surface area contributed by atoms with Crippen molar-refractivity contribution in [1.82, 2.24) is 9.21 Å². The van der Waals surface area contributed by atoms with Gasteiger partial charge in [0, 0.05) is 36.2 Å². The van der Waals surface area contributed by atoms with Crippen LogP contribution in [0.4, 0.5) is 11.4 Å². The summed E-state index contributed by atoms with van der Waals surface area (Å²) in [7, 11) is -4.25. The van der Waals surface area contributed by atoms with Gasteiger partial charge in [-0.3, -0.25) is 20.3 Å². The molecule has 1 amide bonds. The zero-order chi connectivity index (χ0) is 25.6. The van der Waals surface area contributed by atoms with Gasteiger partial charge in [0.2, 0.25) is 15.9 Å². The van der Waals surface area contributed by atoms with Crippen LogP contribution in [0.2, 0.25) is 0 Å². The SMILES string of the molecule is CCN(CC)C(=O)[C@H]1CCCCN1S(=O)(=O)c1cc([N+](=O)[O-])ccc1N/N=C\c1ccc(Br)cc1. The average Bonchev–Trinajstić information content (AvgIpc) is 2.86. The first kappa shape index (κ1) is 26.8. The van der Waals surface area contributed by atoms with Gasteiger partial charge in [-0.1, -0.05) is 34.5 Å². The van der Waals surface area contributed by atoms with E-state index in [4.69, 9.17) is 0 Å². The molecule has 0 aliphatic carbocycles. The lowest BCUT2D eigenvalue weighted by molar-refractivity contribution is -0.385. The molecule has 0 bridgehead atoms. The lowest BCUT2D eigenvalue weighted by Crippen LogP contribution is -2.52. The number of likely N-dealkylation sites (N-methyl/N-ethyl adjacent to an activating group) is 1. The summed E-state index contributed by atoms with van der Waals surface area (Å²) in [6.45, 7) is 4.77. The lowest BCUT2D eigenvalue weighted by atomic mass is 10.0. The van der Waals surface area contributed by atoms with E-state index in [1.54, 1.807) is 4.90 Å². The van der Waals surface area contributed by atoms with Crippen molar-refractivity contribution in [2.75, 3.05) is 25.1 Å². The first-order valence-corrected chi connectivity index (χ1v) is 13.6.